The third-order valence-corrected chi connectivity index (χ3v) is 0.521. The molecule has 6 heteroatoms. The van der Waals surface area contributed by atoms with E-state index in [2.05, 4.69) is 4.74 Å². The largest absolute Gasteiger partial charge is 1.00 e. The molecule has 0 atom stereocenters. The molecule has 0 aliphatic heterocycles. The molecule has 0 fully saturated rings. The number of rotatable bonds is 3. The van der Waals surface area contributed by atoms with Crippen LogP contribution in [0.5, 0.6) is 0 Å². The summed E-state index contributed by atoms with van der Waals surface area (Å²) in [7, 11) is 0. The summed E-state index contributed by atoms with van der Waals surface area (Å²) in [5, 5.41) is 8.09. The molecule has 4 N–H and O–H groups in total. The number of carbonyl (C=O) groups excluding carboxylic acids is 1. The van der Waals surface area contributed by atoms with Crippen molar-refractivity contribution in [1.82, 2.24) is 0 Å². The van der Waals surface area contributed by atoms with Crippen LogP contribution >= 0.6 is 0 Å². The van der Waals surface area contributed by atoms with Crippen LogP contribution in [0.25, 0.3) is 0 Å². The first kappa shape index (κ1) is 17.2. The van der Waals surface area contributed by atoms with E-state index in [-0.39, 0.29) is 76.6 Å². The van der Waals surface area contributed by atoms with E-state index in [4.69, 9.17) is 10.8 Å². The minimum Gasteiger partial charge on any atom is -0.870 e. The molecule has 0 bridgehead atoms. The van der Waals surface area contributed by atoms with Crippen molar-refractivity contribution in [1.29, 1.82) is 0 Å². The van der Waals surface area contributed by atoms with E-state index in [0.29, 0.717) is 0 Å². The molecule has 0 aliphatic rings. The molecule has 0 amide bonds. The standard InChI is InChI=1S/C4H9NO3.K.H2O/c5-3-4(7)8-2-1-6;;/h6H,1-3,5H2;;1H2/q;+1;/p-1. The fourth-order valence-corrected chi connectivity index (χ4v) is 0.218. The number of esters is 1. The number of hydrogen-bond donors (Lipinski definition) is 2. The average Bonchev–Trinajstić information content (AvgIpc) is 1.83. The Balaban J connectivity index is -0.000000245. The third kappa shape index (κ3) is 11.7. The number of aliphatic hydroxyl groups excluding tert-OH is 1. The summed E-state index contributed by atoms with van der Waals surface area (Å²) in [5.41, 5.74) is 4.86. The zero-order valence-electron chi connectivity index (χ0n) is 5.91. The van der Waals surface area contributed by atoms with E-state index in [0.717, 1.165) is 0 Å². The maximum Gasteiger partial charge on any atom is 1.00 e. The molecule has 0 saturated heterocycles. The minimum atomic E-state index is -0.487. The normalized spacial score (nSPS) is 7.00. The van der Waals surface area contributed by atoms with Crippen LogP contribution in [0.15, 0.2) is 0 Å². The first-order chi connectivity index (χ1) is 3.81. The van der Waals surface area contributed by atoms with Gasteiger partial charge in [0.05, 0.1) is 13.2 Å². The van der Waals surface area contributed by atoms with Crippen LogP contribution in [0.2, 0.25) is 0 Å². The van der Waals surface area contributed by atoms with Crippen LogP contribution in [-0.4, -0.2) is 36.3 Å². The number of aliphatic hydroxyl groups is 1. The van der Waals surface area contributed by atoms with E-state index in [1.165, 1.54) is 0 Å². The molecule has 56 valence electrons. The molecule has 5 nitrogen and oxygen atoms in total. The maximum atomic E-state index is 10.1. The molecule has 0 spiro atoms. The molecule has 0 saturated carbocycles. The molecule has 0 rings (SSSR count). The number of nitrogens with two attached hydrogens (primary N) is 1. The van der Waals surface area contributed by atoms with Gasteiger partial charge in [-0.3, -0.25) is 4.79 Å². The SMILES string of the molecule is NCC(=O)OCCO.[K+].[OH-]. The van der Waals surface area contributed by atoms with Crippen LogP contribution in [0.3, 0.4) is 0 Å². The van der Waals surface area contributed by atoms with Gasteiger partial charge < -0.3 is 21.1 Å². The molecule has 0 aromatic carbocycles. The van der Waals surface area contributed by atoms with Crippen LogP contribution in [0.1, 0.15) is 0 Å². The Kier molecular flexibility index (Phi) is 21.7. The Hall–Kier alpha value is 0.986. The van der Waals surface area contributed by atoms with Crippen molar-refractivity contribution in [2.24, 2.45) is 5.73 Å². The van der Waals surface area contributed by atoms with E-state index in [1.807, 2.05) is 0 Å². The van der Waals surface area contributed by atoms with E-state index < -0.39 is 5.97 Å². The van der Waals surface area contributed by atoms with Gasteiger partial charge in [0.1, 0.15) is 6.61 Å². The number of ether oxygens (including phenoxy) is 1. The van der Waals surface area contributed by atoms with Gasteiger partial charge in [0.2, 0.25) is 0 Å². The summed E-state index contributed by atoms with van der Waals surface area (Å²) in [6, 6.07) is 0. The second-order valence-electron chi connectivity index (χ2n) is 1.15. The fraction of sp³-hybridized carbons (Fsp3) is 0.750. The Labute approximate surface area is 102 Å². The van der Waals surface area contributed by atoms with Crippen LogP contribution < -0.4 is 57.1 Å². The first-order valence-corrected chi connectivity index (χ1v) is 2.27. The summed E-state index contributed by atoms with van der Waals surface area (Å²) in [5.74, 6) is -0.487. The molecule has 10 heavy (non-hydrogen) atoms. The molecule has 0 aromatic rings. The van der Waals surface area contributed by atoms with Crippen LogP contribution in [-0.2, 0) is 9.53 Å². The Morgan fingerprint density at radius 3 is 2.40 bits per heavy atom. The van der Waals surface area contributed by atoms with Crippen molar-refractivity contribution in [2.45, 2.75) is 0 Å². The van der Waals surface area contributed by atoms with Gasteiger partial charge in [0.25, 0.3) is 0 Å². The first-order valence-electron chi connectivity index (χ1n) is 2.27. The van der Waals surface area contributed by atoms with Crippen molar-refractivity contribution in [3.63, 3.8) is 0 Å². The van der Waals surface area contributed by atoms with Gasteiger partial charge in [-0.25, -0.2) is 0 Å². The Bertz CT molecular complexity index is 79.7. The maximum absolute atomic E-state index is 10.1. The second-order valence-corrected chi connectivity index (χ2v) is 1.15. The predicted molar refractivity (Wildman–Crippen MR) is 29.0 cm³/mol. The van der Waals surface area contributed by atoms with Crippen LogP contribution in [0, 0.1) is 0 Å². The topological polar surface area (TPSA) is 103 Å². The number of carbonyl (C=O) groups is 1. The second kappa shape index (κ2) is 12.6. The zero-order chi connectivity index (χ0) is 6.41. The summed E-state index contributed by atoms with van der Waals surface area (Å²) in [6.45, 7) is -0.234. The molecular formula is C4H10KNO4. The quantitative estimate of drug-likeness (QED) is 0.331. The molecular weight excluding hydrogens is 165 g/mol. The molecule has 0 heterocycles. The monoisotopic (exact) mass is 175 g/mol. The van der Waals surface area contributed by atoms with Crippen LogP contribution in [0.4, 0.5) is 0 Å². The van der Waals surface area contributed by atoms with Crippen molar-refractivity contribution in [2.75, 3.05) is 19.8 Å². The summed E-state index contributed by atoms with van der Waals surface area (Å²) in [4.78, 5) is 10.1. The average molecular weight is 175 g/mol. The van der Waals surface area contributed by atoms with E-state index >= 15 is 0 Å². The van der Waals surface area contributed by atoms with Crippen molar-refractivity contribution in [3.05, 3.63) is 0 Å². The zero-order valence-corrected chi connectivity index (χ0v) is 9.03. The van der Waals surface area contributed by atoms with Gasteiger partial charge in [-0.2, -0.15) is 0 Å². The Morgan fingerprint density at radius 1 is 1.60 bits per heavy atom. The third-order valence-electron chi connectivity index (χ3n) is 0.521. The van der Waals surface area contributed by atoms with Gasteiger partial charge in [0, 0.05) is 0 Å². The summed E-state index contributed by atoms with van der Waals surface area (Å²) < 4.78 is 4.33. The van der Waals surface area contributed by atoms with E-state index in [1.54, 1.807) is 0 Å². The molecule has 0 aromatic heterocycles. The Morgan fingerprint density at radius 2 is 2.10 bits per heavy atom. The molecule has 0 unspecified atom stereocenters. The molecule has 0 radical (unpaired) electrons. The minimum absolute atomic E-state index is 0. The van der Waals surface area contributed by atoms with Gasteiger partial charge in [-0.05, 0) is 0 Å². The smallest absolute Gasteiger partial charge is 0.870 e. The van der Waals surface area contributed by atoms with Gasteiger partial charge in [0.15, 0.2) is 0 Å². The van der Waals surface area contributed by atoms with Gasteiger partial charge >= 0.3 is 57.4 Å². The predicted octanol–water partition coefficient (Wildman–Crippen LogP) is -4.69. The molecule has 0 aliphatic carbocycles. The summed E-state index contributed by atoms with van der Waals surface area (Å²) in [6.07, 6.45) is 0. The van der Waals surface area contributed by atoms with Crippen molar-refractivity contribution < 1.29 is 71.5 Å². The van der Waals surface area contributed by atoms with Gasteiger partial charge in [-0.1, -0.05) is 0 Å². The van der Waals surface area contributed by atoms with Crippen molar-refractivity contribution >= 4 is 5.97 Å². The van der Waals surface area contributed by atoms with E-state index in [9.17, 15) is 4.79 Å². The van der Waals surface area contributed by atoms with Gasteiger partial charge in [-0.15, -0.1) is 0 Å². The fourth-order valence-electron chi connectivity index (χ4n) is 0.218. The van der Waals surface area contributed by atoms with Crippen molar-refractivity contribution in [3.8, 4) is 0 Å². The number of hydrogen-bond acceptors (Lipinski definition) is 5. The summed E-state index contributed by atoms with van der Waals surface area (Å²) >= 11 is 0.